The van der Waals surface area contributed by atoms with Gasteiger partial charge in [0.25, 0.3) is 0 Å². The lowest BCUT2D eigenvalue weighted by Crippen LogP contribution is -2.62. The highest BCUT2D eigenvalue weighted by Gasteiger charge is 2.38. The number of carbonyl (C=O) groups is 7. The molecule has 5 unspecified atom stereocenters. The molecule has 0 bridgehead atoms. The molecule has 60 heavy (non-hydrogen) atoms. The molecule has 2 aliphatic carbocycles. The largest absolute Gasteiger partial charge is 0.480 e. The molecular weight excluding hydrogens is 780 g/mol. The number of ether oxygens (including phenoxy) is 4. The summed E-state index contributed by atoms with van der Waals surface area (Å²) in [6, 6.07) is -5.26. The van der Waals surface area contributed by atoms with Gasteiger partial charge in [0.1, 0.15) is 29.3 Å². The van der Waals surface area contributed by atoms with Crippen molar-refractivity contribution in [3.63, 3.8) is 0 Å². The van der Waals surface area contributed by atoms with E-state index in [-0.39, 0.29) is 30.6 Å². The van der Waals surface area contributed by atoms with Crippen LogP contribution in [0.4, 0.5) is 9.59 Å². The van der Waals surface area contributed by atoms with Crippen molar-refractivity contribution in [2.24, 2.45) is 11.8 Å². The molecular formula is C42H74N6O12. The van der Waals surface area contributed by atoms with Gasteiger partial charge in [-0.25, -0.2) is 14.4 Å². The number of rotatable bonds is 22. The minimum atomic E-state index is -1.54. The van der Waals surface area contributed by atoms with E-state index in [0.29, 0.717) is 45.1 Å². The molecule has 0 radical (unpaired) electrons. The summed E-state index contributed by atoms with van der Waals surface area (Å²) >= 11 is 0. The number of aliphatic carboxylic acids is 1. The number of nitrogens with one attached hydrogen (secondary N) is 5. The summed E-state index contributed by atoms with van der Waals surface area (Å²) in [5, 5.41) is 23.3. The quantitative estimate of drug-likeness (QED) is 0.0674. The number of carboxylic acids is 1. The lowest BCUT2D eigenvalue weighted by Gasteiger charge is -2.36. The summed E-state index contributed by atoms with van der Waals surface area (Å²) in [7, 11) is 1.56. The minimum absolute atomic E-state index is 0.203. The first-order valence-corrected chi connectivity index (χ1v) is 21.6. The van der Waals surface area contributed by atoms with Gasteiger partial charge in [-0.1, -0.05) is 52.9 Å². The van der Waals surface area contributed by atoms with Crippen molar-refractivity contribution < 1.29 is 57.6 Å². The van der Waals surface area contributed by atoms with Crippen LogP contribution in [0.2, 0.25) is 0 Å². The maximum absolute atomic E-state index is 14.4. The normalized spacial score (nSPS) is 19.7. The van der Waals surface area contributed by atoms with Crippen molar-refractivity contribution in [2.45, 2.75) is 180 Å². The second-order valence-corrected chi connectivity index (χ2v) is 18.1. The summed E-state index contributed by atoms with van der Waals surface area (Å²) in [5.41, 5.74) is -1.54. The van der Waals surface area contributed by atoms with Crippen LogP contribution in [0.25, 0.3) is 0 Å². The van der Waals surface area contributed by atoms with Gasteiger partial charge in [0.15, 0.2) is 6.04 Å². The molecule has 2 fully saturated rings. The Kier molecular flexibility index (Phi) is 21.6. The lowest BCUT2D eigenvalue weighted by molar-refractivity contribution is -0.145. The Morgan fingerprint density at radius 2 is 1.33 bits per heavy atom. The Balaban J connectivity index is 2.29. The van der Waals surface area contributed by atoms with Crippen LogP contribution in [-0.4, -0.2) is 133 Å². The lowest BCUT2D eigenvalue weighted by atomic mass is 9.89. The second-order valence-electron chi connectivity index (χ2n) is 18.1. The van der Waals surface area contributed by atoms with Crippen LogP contribution in [0.5, 0.6) is 0 Å². The SMILES string of the molecule is CCCOCC(C)C(=O)N(C)C(CCC)C(=O)NC(C(=O)NC(CNC(=O)OC(C)(C)C)C(=O)NC(COC1CC(NC(=O)OC(C)(C)C)C1)C(=O)O)C1CCCCCC1. The van der Waals surface area contributed by atoms with Gasteiger partial charge in [0.2, 0.25) is 23.6 Å². The first-order valence-electron chi connectivity index (χ1n) is 21.6. The van der Waals surface area contributed by atoms with Gasteiger partial charge in [-0.15, -0.1) is 0 Å². The molecule has 344 valence electrons. The highest BCUT2D eigenvalue weighted by atomic mass is 16.6. The molecule has 5 atom stereocenters. The standard InChI is InChI=1S/C42H74N6O12/c1-11-17-32(48(10)37(52)26(3)24-57-20-12-2)35(50)47-33(27-18-15-13-14-16-19-27)36(51)45-30(23-43-39(55)59-41(4,5)6)34(49)46-31(38(53)54)25-58-29-21-28(22-29)44-40(56)60-42(7,8)9/h26-33H,11-25H2,1-10H3,(H,43,55)(H,44,56)(H,45,51)(H,46,49)(H,47,50)(H,53,54). The van der Waals surface area contributed by atoms with Crippen LogP contribution in [0.1, 0.15) is 133 Å². The summed E-state index contributed by atoms with van der Waals surface area (Å²) in [4.78, 5) is 94.3. The predicted molar refractivity (Wildman–Crippen MR) is 223 cm³/mol. The summed E-state index contributed by atoms with van der Waals surface area (Å²) in [5.74, 6) is -4.62. The van der Waals surface area contributed by atoms with Crippen molar-refractivity contribution in [3.8, 4) is 0 Å². The number of carbonyl (C=O) groups excluding carboxylic acids is 6. The Bertz CT molecular complexity index is 1420. The third-order valence-electron chi connectivity index (χ3n) is 10.2. The topological polar surface area (TPSA) is 240 Å². The van der Waals surface area contributed by atoms with Gasteiger partial charge in [0, 0.05) is 19.7 Å². The van der Waals surface area contributed by atoms with Crippen molar-refractivity contribution >= 4 is 41.8 Å². The molecule has 18 heteroatoms. The molecule has 0 spiro atoms. The fraction of sp³-hybridized carbons (Fsp3) is 0.833. The highest BCUT2D eigenvalue weighted by Crippen LogP contribution is 2.27. The van der Waals surface area contributed by atoms with E-state index in [4.69, 9.17) is 18.9 Å². The Morgan fingerprint density at radius 1 is 0.750 bits per heavy atom. The number of alkyl carbamates (subject to hydrolysis) is 2. The molecule has 0 aromatic heterocycles. The zero-order valence-corrected chi connectivity index (χ0v) is 37.6. The van der Waals surface area contributed by atoms with Crippen LogP contribution in [0.15, 0.2) is 0 Å². The van der Waals surface area contributed by atoms with E-state index in [0.717, 1.165) is 32.1 Å². The van der Waals surface area contributed by atoms with Crippen molar-refractivity contribution in [1.29, 1.82) is 0 Å². The molecule has 0 saturated heterocycles. The molecule has 6 amide bonds. The monoisotopic (exact) mass is 855 g/mol. The number of carboxylic acid groups (broad SMARTS) is 1. The zero-order valence-electron chi connectivity index (χ0n) is 37.6. The van der Waals surface area contributed by atoms with Gasteiger partial charge in [0.05, 0.1) is 31.8 Å². The third-order valence-corrected chi connectivity index (χ3v) is 10.2. The van der Waals surface area contributed by atoms with E-state index in [1.165, 1.54) is 4.90 Å². The van der Waals surface area contributed by atoms with Crippen LogP contribution >= 0.6 is 0 Å². The summed E-state index contributed by atoms with van der Waals surface area (Å²) in [6.45, 7) is 15.6. The van der Waals surface area contributed by atoms with Gasteiger partial charge >= 0.3 is 18.2 Å². The summed E-state index contributed by atoms with van der Waals surface area (Å²) < 4.78 is 22.0. The van der Waals surface area contributed by atoms with Crippen molar-refractivity contribution in [1.82, 2.24) is 31.5 Å². The fourth-order valence-corrected chi connectivity index (χ4v) is 6.99. The van der Waals surface area contributed by atoms with Gasteiger partial charge < -0.3 is 55.5 Å². The van der Waals surface area contributed by atoms with E-state index in [1.807, 2.05) is 13.8 Å². The van der Waals surface area contributed by atoms with Crippen molar-refractivity contribution in [3.05, 3.63) is 0 Å². The predicted octanol–water partition coefficient (Wildman–Crippen LogP) is 3.78. The van der Waals surface area contributed by atoms with Crippen LogP contribution < -0.4 is 26.6 Å². The first-order chi connectivity index (χ1) is 28.0. The molecule has 0 aliphatic heterocycles. The smallest absolute Gasteiger partial charge is 0.407 e. The number of amides is 6. The molecule has 2 aliphatic rings. The first kappa shape index (κ1) is 51.9. The van der Waals surface area contributed by atoms with Crippen LogP contribution in [0.3, 0.4) is 0 Å². The molecule has 0 heterocycles. The minimum Gasteiger partial charge on any atom is -0.480 e. The number of hydrogen-bond donors (Lipinski definition) is 6. The van der Waals surface area contributed by atoms with E-state index < -0.39 is 90.3 Å². The summed E-state index contributed by atoms with van der Waals surface area (Å²) in [6.07, 6.45) is 5.49. The molecule has 2 saturated carbocycles. The second kappa shape index (κ2) is 24.9. The molecule has 0 aromatic rings. The van der Waals surface area contributed by atoms with Crippen molar-refractivity contribution in [2.75, 3.05) is 33.4 Å². The highest BCUT2D eigenvalue weighted by molar-refractivity contribution is 5.95. The Hall–Kier alpha value is -4.19. The van der Waals surface area contributed by atoms with Gasteiger partial charge in [-0.05, 0) is 86.0 Å². The fourth-order valence-electron chi connectivity index (χ4n) is 6.99. The van der Waals surface area contributed by atoms with E-state index in [9.17, 15) is 38.7 Å². The van der Waals surface area contributed by atoms with Crippen LogP contribution in [-0.2, 0) is 42.9 Å². The number of likely N-dealkylation sites (N-methyl/N-ethyl adjacent to an activating group) is 1. The van der Waals surface area contributed by atoms with E-state index in [1.54, 1.807) is 55.5 Å². The molecule has 6 N–H and O–H groups in total. The number of nitrogens with zero attached hydrogens (tertiary/aromatic N) is 1. The Morgan fingerprint density at radius 3 is 1.88 bits per heavy atom. The van der Waals surface area contributed by atoms with Crippen LogP contribution in [0, 0.1) is 11.8 Å². The van der Waals surface area contributed by atoms with E-state index >= 15 is 0 Å². The zero-order chi connectivity index (χ0) is 45.2. The number of hydrogen-bond acceptors (Lipinski definition) is 11. The van der Waals surface area contributed by atoms with Gasteiger partial charge in [-0.2, -0.15) is 0 Å². The molecule has 0 aromatic carbocycles. The average Bonchev–Trinajstić information content (AvgIpc) is 3.42. The molecule has 2 rings (SSSR count). The molecule has 18 nitrogen and oxygen atoms in total. The maximum Gasteiger partial charge on any atom is 0.407 e. The maximum atomic E-state index is 14.4. The average molecular weight is 855 g/mol. The Labute approximate surface area is 356 Å². The third kappa shape index (κ3) is 19.0. The van der Waals surface area contributed by atoms with E-state index in [2.05, 4.69) is 26.6 Å². The van der Waals surface area contributed by atoms with Gasteiger partial charge in [-0.3, -0.25) is 19.2 Å².